The maximum Gasteiger partial charge on any atom is 0.270 e. The quantitative estimate of drug-likeness (QED) is 0.364. The number of aryl methyl sites for hydroxylation is 2. The van der Waals surface area contributed by atoms with Gasteiger partial charge < -0.3 is 15.5 Å². The number of carbonyl (C=O) groups is 1. The van der Waals surface area contributed by atoms with Crippen molar-refractivity contribution < 1.29 is 23.4 Å². The lowest BCUT2D eigenvalue weighted by Crippen LogP contribution is -2.51. The summed E-state index contributed by atoms with van der Waals surface area (Å²) in [5.74, 6) is -0.470. The van der Waals surface area contributed by atoms with E-state index in [9.17, 15) is 23.4 Å². The topological polar surface area (TPSA) is 120 Å². The SMILES string of the molecule is Cc1cccc(S(=O)(=O)N(C[C@H](C)O)C[C@@H](O)[C@H](Cc2ccccc2)NC(=O)c2cccc(C)n2)c1. The molecule has 0 saturated carbocycles. The van der Waals surface area contributed by atoms with Crippen LogP contribution in [-0.2, 0) is 16.4 Å². The van der Waals surface area contributed by atoms with E-state index in [-0.39, 0.29) is 30.1 Å². The molecule has 0 aliphatic heterocycles. The van der Waals surface area contributed by atoms with Crippen LogP contribution in [-0.4, -0.2) is 65.2 Å². The molecule has 1 aromatic heterocycles. The Kier molecular flexibility index (Phi) is 9.33. The average Bonchev–Trinajstić information content (AvgIpc) is 2.83. The second kappa shape index (κ2) is 12.2. The fourth-order valence-corrected chi connectivity index (χ4v) is 5.53. The summed E-state index contributed by atoms with van der Waals surface area (Å²) >= 11 is 0. The molecule has 3 aromatic rings. The van der Waals surface area contributed by atoms with E-state index in [0.29, 0.717) is 5.69 Å². The molecule has 9 heteroatoms. The Balaban J connectivity index is 1.89. The Bertz CT molecular complexity index is 1270. The number of benzene rings is 2. The van der Waals surface area contributed by atoms with E-state index in [2.05, 4.69) is 10.3 Å². The first kappa shape index (κ1) is 27.5. The molecular weight excluding hydrogens is 478 g/mol. The molecule has 0 saturated heterocycles. The zero-order chi connectivity index (χ0) is 26.3. The molecule has 0 fully saturated rings. The molecule has 3 atom stereocenters. The molecule has 8 nitrogen and oxygen atoms in total. The van der Waals surface area contributed by atoms with E-state index in [4.69, 9.17) is 0 Å². The predicted molar refractivity (Wildman–Crippen MR) is 138 cm³/mol. The number of pyridine rings is 1. The molecule has 3 N–H and O–H groups in total. The van der Waals surface area contributed by atoms with Crippen LogP contribution in [0, 0.1) is 13.8 Å². The van der Waals surface area contributed by atoms with E-state index in [0.717, 1.165) is 15.4 Å². The summed E-state index contributed by atoms with van der Waals surface area (Å²) in [5, 5.41) is 24.1. The Labute approximate surface area is 212 Å². The Morgan fingerprint density at radius 3 is 2.31 bits per heavy atom. The summed E-state index contributed by atoms with van der Waals surface area (Å²) in [6, 6.07) is 20.0. The zero-order valence-electron chi connectivity index (χ0n) is 20.7. The fraction of sp³-hybridized carbons (Fsp3) is 0.333. The van der Waals surface area contributed by atoms with Crippen molar-refractivity contribution in [3.63, 3.8) is 0 Å². The highest BCUT2D eigenvalue weighted by molar-refractivity contribution is 7.89. The van der Waals surface area contributed by atoms with Crippen LogP contribution in [0.1, 0.15) is 34.2 Å². The van der Waals surface area contributed by atoms with Gasteiger partial charge >= 0.3 is 0 Å². The second-order valence-electron chi connectivity index (χ2n) is 8.99. The highest BCUT2D eigenvalue weighted by Gasteiger charge is 2.32. The maximum atomic E-state index is 13.4. The van der Waals surface area contributed by atoms with Crippen molar-refractivity contribution in [3.05, 3.63) is 95.3 Å². The third kappa shape index (κ3) is 7.44. The van der Waals surface area contributed by atoms with Gasteiger partial charge in [-0.2, -0.15) is 4.31 Å². The number of sulfonamides is 1. The van der Waals surface area contributed by atoms with Crippen molar-refractivity contribution in [2.24, 2.45) is 0 Å². The van der Waals surface area contributed by atoms with Crippen molar-refractivity contribution in [2.45, 2.75) is 50.3 Å². The molecule has 0 aliphatic rings. The lowest BCUT2D eigenvalue weighted by atomic mass is 10.0. The molecule has 192 valence electrons. The highest BCUT2D eigenvalue weighted by Crippen LogP contribution is 2.19. The first-order valence-electron chi connectivity index (χ1n) is 11.8. The minimum Gasteiger partial charge on any atom is -0.392 e. The molecule has 1 heterocycles. The predicted octanol–water partition coefficient (Wildman–Crippen LogP) is 2.47. The number of aliphatic hydroxyl groups excluding tert-OH is 2. The van der Waals surface area contributed by atoms with Gasteiger partial charge in [0.25, 0.3) is 5.91 Å². The second-order valence-corrected chi connectivity index (χ2v) is 10.9. The van der Waals surface area contributed by atoms with Gasteiger partial charge in [-0.25, -0.2) is 13.4 Å². The van der Waals surface area contributed by atoms with Crippen molar-refractivity contribution >= 4 is 15.9 Å². The lowest BCUT2D eigenvalue weighted by Gasteiger charge is -2.30. The average molecular weight is 512 g/mol. The van der Waals surface area contributed by atoms with Gasteiger partial charge in [-0.15, -0.1) is 0 Å². The first-order valence-corrected chi connectivity index (χ1v) is 13.2. The molecule has 1 amide bonds. The van der Waals surface area contributed by atoms with Crippen LogP contribution in [0.3, 0.4) is 0 Å². The lowest BCUT2D eigenvalue weighted by molar-refractivity contribution is 0.0728. The summed E-state index contributed by atoms with van der Waals surface area (Å²) in [6.07, 6.45) is -1.96. The molecule has 2 aromatic carbocycles. The van der Waals surface area contributed by atoms with Gasteiger partial charge in [0.2, 0.25) is 10.0 Å². The third-order valence-electron chi connectivity index (χ3n) is 5.69. The van der Waals surface area contributed by atoms with Crippen LogP contribution < -0.4 is 5.32 Å². The first-order chi connectivity index (χ1) is 17.1. The third-order valence-corrected chi connectivity index (χ3v) is 7.51. The van der Waals surface area contributed by atoms with Crippen LogP contribution in [0.15, 0.2) is 77.7 Å². The van der Waals surface area contributed by atoms with Gasteiger partial charge in [0.1, 0.15) is 5.69 Å². The van der Waals surface area contributed by atoms with Gasteiger partial charge in [-0.05, 0) is 62.6 Å². The number of rotatable bonds is 11. The van der Waals surface area contributed by atoms with Gasteiger partial charge in [0.05, 0.1) is 23.1 Å². The molecule has 0 radical (unpaired) electrons. The summed E-state index contributed by atoms with van der Waals surface area (Å²) in [6.45, 7) is 4.52. The minimum atomic E-state index is -4.02. The Morgan fingerprint density at radius 1 is 0.972 bits per heavy atom. The van der Waals surface area contributed by atoms with Crippen LogP contribution in [0.2, 0.25) is 0 Å². The number of nitrogens with one attached hydrogen (secondary N) is 1. The van der Waals surface area contributed by atoms with E-state index in [1.165, 1.54) is 13.0 Å². The smallest absolute Gasteiger partial charge is 0.270 e. The fourth-order valence-electron chi connectivity index (χ4n) is 3.89. The normalized spacial score (nSPS) is 14.3. The summed E-state index contributed by atoms with van der Waals surface area (Å²) < 4.78 is 27.9. The minimum absolute atomic E-state index is 0.0722. The Hall–Kier alpha value is -3.11. The van der Waals surface area contributed by atoms with E-state index in [1.54, 1.807) is 50.2 Å². The van der Waals surface area contributed by atoms with Crippen molar-refractivity contribution in [2.75, 3.05) is 13.1 Å². The highest BCUT2D eigenvalue weighted by atomic mass is 32.2. The van der Waals surface area contributed by atoms with Crippen LogP contribution in [0.25, 0.3) is 0 Å². The number of hydrogen-bond acceptors (Lipinski definition) is 6. The van der Waals surface area contributed by atoms with Crippen LogP contribution >= 0.6 is 0 Å². The van der Waals surface area contributed by atoms with Gasteiger partial charge in [0, 0.05) is 18.8 Å². The monoisotopic (exact) mass is 511 g/mol. The molecular formula is C27H33N3O5S. The standard InChI is InChI=1S/C27H33N3O5S/c1-19-9-7-13-23(15-19)36(34,35)30(17-21(3)31)18-26(32)25(16-22-11-5-4-6-12-22)29-27(33)24-14-8-10-20(2)28-24/h4-15,21,25-26,31-32H,16-18H2,1-3H3,(H,29,33)/t21-,25-,26+/m0/s1. The van der Waals surface area contributed by atoms with E-state index >= 15 is 0 Å². The van der Waals surface area contributed by atoms with Gasteiger partial charge in [-0.1, -0.05) is 48.5 Å². The zero-order valence-corrected chi connectivity index (χ0v) is 21.5. The summed E-state index contributed by atoms with van der Waals surface area (Å²) in [7, 11) is -4.02. The van der Waals surface area contributed by atoms with Crippen molar-refractivity contribution in [1.29, 1.82) is 0 Å². The molecule has 36 heavy (non-hydrogen) atoms. The molecule has 0 aliphatic carbocycles. The number of amides is 1. The number of aromatic nitrogens is 1. The van der Waals surface area contributed by atoms with Crippen molar-refractivity contribution in [3.8, 4) is 0 Å². The van der Waals surface area contributed by atoms with Crippen LogP contribution in [0.5, 0.6) is 0 Å². The van der Waals surface area contributed by atoms with E-state index in [1.807, 2.05) is 30.3 Å². The maximum absolute atomic E-state index is 13.4. The largest absolute Gasteiger partial charge is 0.392 e. The number of aliphatic hydroxyl groups is 2. The van der Waals surface area contributed by atoms with Crippen LogP contribution in [0.4, 0.5) is 0 Å². The molecule has 0 bridgehead atoms. The van der Waals surface area contributed by atoms with Gasteiger partial charge in [0.15, 0.2) is 0 Å². The summed E-state index contributed by atoms with van der Waals surface area (Å²) in [4.78, 5) is 17.3. The Morgan fingerprint density at radius 2 is 1.67 bits per heavy atom. The number of nitrogens with zero attached hydrogens (tertiary/aromatic N) is 2. The molecule has 0 spiro atoms. The van der Waals surface area contributed by atoms with E-state index < -0.39 is 34.2 Å². The van der Waals surface area contributed by atoms with Crippen molar-refractivity contribution in [1.82, 2.24) is 14.6 Å². The number of hydrogen-bond donors (Lipinski definition) is 3. The molecule has 0 unspecified atom stereocenters. The van der Waals surface area contributed by atoms with Gasteiger partial charge in [-0.3, -0.25) is 4.79 Å². The molecule has 3 rings (SSSR count). The summed E-state index contributed by atoms with van der Waals surface area (Å²) in [5.41, 5.74) is 2.51. The number of carbonyl (C=O) groups excluding carboxylic acids is 1.